The fourth-order valence-corrected chi connectivity index (χ4v) is 3.67. The molecule has 7 heteroatoms. The number of primary sulfonamides is 1. The van der Waals surface area contributed by atoms with Gasteiger partial charge in [-0.1, -0.05) is 24.3 Å². The standard InChI is InChI=1S/C16H18N2O3S2/c1-12-7-8-13(11-15(12)23(17,20)21)18-16(19)9-10-22-14-5-3-2-4-6-14/h2-8,11H,9-10H2,1H3,(H,18,19)(H2,17,20,21). The number of thioether (sulfide) groups is 1. The number of amides is 1. The number of anilines is 1. The summed E-state index contributed by atoms with van der Waals surface area (Å²) in [5.74, 6) is 0.474. The molecule has 122 valence electrons. The Morgan fingerprint density at radius 2 is 1.87 bits per heavy atom. The third kappa shape index (κ3) is 5.38. The molecule has 0 unspecified atom stereocenters. The first-order chi connectivity index (χ1) is 10.9. The van der Waals surface area contributed by atoms with Gasteiger partial charge < -0.3 is 5.32 Å². The molecule has 0 aromatic heterocycles. The summed E-state index contributed by atoms with van der Waals surface area (Å²) in [4.78, 5) is 13.1. The highest BCUT2D eigenvalue weighted by molar-refractivity contribution is 7.99. The van der Waals surface area contributed by atoms with E-state index in [0.29, 0.717) is 23.4 Å². The quantitative estimate of drug-likeness (QED) is 0.784. The number of nitrogens with two attached hydrogens (primary N) is 1. The monoisotopic (exact) mass is 350 g/mol. The lowest BCUT2D eigenvalue weighted by molar-refractivity contribution is -0.115. The summed E-state index contributed by atoms with van der Waals surface area (Å²) in [5, 5.41) is 7.85. The predicted molar refractivity (Wildman–Crippen MR) is 93.0 cm³/mol. The van der Waals surface area contributed by atoms with E-state index >= 15 is 0 Å². The van der Waals surface area contributed by atoms with E-state index < -0.39 is 10.0 Å². The Bertz CT molecular complexity index is 790. The van der Waals surface area contributed by atoms with Crippen LogP contribution in [0.25, 0.3) is 0 Å². The molecular weight excluding hydrogens is 332 g/mol. The molecule has 0 aliphatic carbocycles. The maximum Gasteiger partial charge on any atom is 0.238 e. The van der Waals surface area contributed by atoms with E-state index in [0.717, 1.165) is 4.90 Å². The first kappa shape index (κ1) is 17.5. The van der Waals surface area contributed by atoms with Gasteiger partial charge >= 0.3 is 0 Å². The van der Waals surface area contributed by atoms with Crippen molar-refractivity contribution in [2.45, 2.75) is 23.1 Å². The minimum atomic E-state index is -3.80. The molecule has 0 saturated heterocycles. The van der Waals surface area contributed by atoms with Crippen LogP contribution in [0.2, 0.25) is 0 Å². The lowest BCUT2D eigenvalue weighted by atomic mass is 10.2. The first-order valence-electron chi connectivity index (χ1n) is 6.97. The fraction of sp³-hybridized carbons (Fsp3) is 0.188. The molecule has 2 aromatic rings. The SMILES string of the molecule is Cc1ccc(NC(=O)CCSc2ccccc2)cc1S(N)(=O)=O. The van der Waals surface area contributed by atoms with Crippen molar-refractivity contribution in [1.82, 2.24) is 0 Å². The van der Waals surface area contributed by atoms with Gasteiger partial charge in [0.2, 0.25) is 15.9 Å². The Morgan fingerprint density at radius 1 is 1.17 bits per heavy atom. The van der Waals surface area contributed by atoms with Crippen LogP contribution in [-0.2, 0) is 14.8 Å². The van der Waals surface area contributed by atoms with Gasteiger partial charge in [-0.2, -0.15) is 0 Å². The number of carbonyl (C=O) groups excluding carboxylic acids is 1. The minimum absolute atomic E-state index is 0.0222. The summed E-state index contributed by atoms with van der Waals surface area (Å²) in [6.07, 6.45) is 0.331. The number of hydrogen-bond acceptors (Lipinski definition) is 4. The van der Waals surface area contributed by atoms with Crippen molar-refractivity contribution in [3.05, 3.63) is 54.1 Å². The second kappa shape index (κ2) is 7.63. The normalized spacial score (nSPS) is 11.2. The van der Waals surface area contributed by atoms with Crippen molar-refractivity contribution in [3.8, 4) is 0 Å². The molecular formula is C16H18N2O3S2. The first-order valence-corrected chi connectivity index (χ1v) is 9.50. The molecule has 0 bridgehead atoms. The summed E-state index contributed by atoms with van der Waals surface area (Å²) in [5.41, 5.74) is 0.972. The van der Waals surface area contributed by atoms with Gasteiger partial charge in [0.1, 0.15) is 0 Å². The molecule has 1 amide bonds. The van der Waals surface area contributed by atoms with Crippen LogP contribution in [0.3, 0.4) is 0 Å². The Labute approximate surface area is 140 Å². The molecule has 0 spiro atoms. The van der Waals surface area contributed by atoms with Gasteiger partial charge in [0.25, 0.3) is 0 Å². The topological polar surface area (TPSA) is 89.3 Å². The summed E-state index contributed by atoms with van der Waals surface area (Å²) >= 11 is 1.59. The van der Waals surface area contributed by atoms with Crippen LogP contribution in [0.1, 0.15) is 12.0 Å². The van der Waals surface area contributed by atoms with E-state index in [-0.39, 0.29) is 10.8 Å². The second-order valence-electron chi connectivity index (χ2n) is 4.98. The molecule has 0 aliphatic rings. The Kier molecular flexibility index (Phi) is 5.81. The van der Waals surface area contributed by atoms with Gasteiger partial charge in [-0.25, -0.2) is 13.6 Å². The predicted octanol–water partition coefficient (Wildman–Crippen LogP) is 2.76. The molecule has 2 aromatic carbocycles. The zero-order chi connectivity index (χ0) is 16.9. The molecule has 0 aliphatic heterocycles. The molecule has 5 nitrogen and oxygen atoms in total. The number of nitrogens with one attached hydrogen (secondary N) is 1. The average molecular weight is 350 g/mol. The third-order valence-corrected chi connectivity index (χ3v) is 5.19. The van der Waals surface area contributed by atoms with Crippen LogP contribution >= 0.6 is 11.8 Å². The van der Waals surface area contributed by atoms with Crippen molar-refractivity contribution in [3.63, 3.8) is 0 Å². The Balaban J connectivity index is 1.93. The Morgan fingerprint density at radius 3 is 2.52 bits per heavy atom. The van der Waals surface area contributed by atoms with Crippen LogP contribution in [0, 0.1) is 6.92 Å². The smallest absolute Gasteiger partial charge is 0.238 e. The molecule has 0 radical (unpaired) electrons. The van der Waals surface area contributed by atoms with Crippen LogP contribution in [0.5, 0.6) is 0 Å². The van der Waals surface area contributed by atoms with E-state index in [2.05, 4.69) is 5.32 Å². The van der Waals surface area contributed by atoms with Crippen molar-refractivity contribution in [2.24, 2.45) is 5.14 Å². The lowest BCUT2D eigenvalue weighted by Crippen LogP contribution is -2.16. The van der Waals surface area contributed by atoms with Crippen LogP contribution < -0.4 is 10.5 Å². The van der Waals surface area contributed by atoms with Crippen molar-refractivity contribution < 1.29 is 13.2 Å². The largest absolute Gasteiger partial charge is 0.326 e. The van der Waals surface area contributed by atoms with E-state index in [1.54, 1.807) is 30.8 Å². The highest BCUT2D eigenvalue weighted by Crippen LogP contribution is 2.20. The van der Waals surface area contributed by atoms with E-state index in [1.807, 2.05) is 30.3 Å². The van der Waals surface area contributed by atoms with Gasteiger partial charge in [0, 0.05) is 22.8 Å². The zero-order valence-electron chi connectivity index (χ0n) is 12.7. The van der Waals surface area contributed by atoms with Crippen LogP contribution in [0.15, 0.2) is 58.3 Å². The van der Waals surface area contributed by atoms with E-state index in [4.69, 9.17) is 5.14 Å². The zero-order valence-corrected chi connectivity index (χ0v) is 14.3. The van der Waals surface area contributed by atoms with Crippen LogP contribution in [0.4, 0.5) is 5.69 Å². The minimum Gasteiger partial charge on any atom is -0.326 e. The number of rotatable bonds is 6. The van der Waals surface area contributed by atoms with Crippen molar-refractivity contribution in [1.29, 1.82) is 0 Å². The number of carbonyl (C=O) groups is 1. The maximum absolute atomic E-state index is 11.9. The molecule has 0 fully saturated rings. The maximum atomic E-state index is 11.9. The van der Waals surface area contributed by atoms with Gasteiger partial charge in [0.05, 0.1) is 4.90 Å². The van der Waals surface area contributed by atoms with Gasteiger partial charge in [-0.05, 0) is 36.8 Å². The molecule has 0 heterocycles. The number of hydrogen-bond donors (Lipinski definition) is 2. The number of sulfonamides is 1. The summed E-state index contributed by atoms with van der Waals surface area (Å²) in [6, 6.07) is 14.5. The third-order valence-electron chi connectivity index (χ3n) is 3.12. The highest BCUT2D eigenvalue weighted by Gasteiger charge is 2.13. The fourth-order valence-electron chi connectivity index (χ4n) is 1.99. The molecule has 0 atom stereocenters. The van der Waals surface area contributed by atoms with Gasteiger partial charge in [-0.3, -0.25) is 4.79 Å². The lowest BCUT2D eigenvalue weighted by Gasteiger charge is -2.09. The molecule has 3 N–H and O–H groups in total. The second-order valence-corrected chi connectivity index (χ2v) is 7.68. The van der Waals surface area contributed by atoms with E-state index in [1.165, 1.54) is 6.07 Å². The number of aryl methyl sites for hydroxylation is 1. The average Bonchev–Trinajstić information content (AvgIpc) is 2.49. The van der Waals surface area contributed by atoms with Crippen molar-refractivity contribution >= 4 is 33.4 Å². The number of benzene rings is 2. The Hall–Kier alpha value is -1.83. The molecule has 0 saturated carbocycles. The van der Waals surface area contributed by atoms with Gasteiger partial charge in [0.15, 0.2) is 0 Å². The van der Waals surface area contributed by atoms with E-state index in [9.17, 15) is 13.2 Å². The summed E-state index contributed by atoms with van der Waals surface area (Å²) in [7, 11) is -3.80. The van der Waals surface area contributed by atoms with Gasteiger partial charge in [-0.15, -0.1) is 11.8 Å². The summed E-state index contributed by atoms with van der Waals surface area (Å²) in [6.45, 7) is 1.65. The molecule has 23 heavy (non-hydrogen) atoms. The highest BCUT2D eigenvalue weighted by atomic mass is 32.2. The van der Waals surface area contributed by atoms with Crippen LogP contribution in [-0.4, -0.2) is 20.1 Å². The van der Waals surface area contributed by atoms with Crippen molar-refractivity contribution in [2.75, 3.05) is 11.1 Å². The molecule has 2 rings (SSSR count). The summed E-state index contributed by atoms with van der Waals surface area (Å²) < 4.78 is 23.0.